The third kappa shape index (κ3) is 4.06. The molecular formula is C10H18N4OS. The van der Waals surface area contributed by atoms with E-state index in [1.54, 1.807) is 17.5 Å². The van der Waals surface area contributed by atoms with E-state index in [-0.39, 0.29) is 5.84 Å². The van der Waals surface area contributed by atoms with Crippen molar-refractivity contribution in [3.8, 4) is 0 Å². The van der Waals surface area contributed by atoms with E-state index in [0.717, 1.165) is 18.2 Å². The number of hydrogen-bond donors (Lipinski definition) is 2. The molecule has 0 aromatic carbocycles. The van der Waals surface area contributed by atoms with Crippen LogP contribution in [0, 0.1) is 5.92 Å². The molecule has 3 N–H and O–H groups in total. The van der Waals surface area contributed by atoms with Gasteiger partial charge < -0.3 is 15.8 Å². The summed E-state index contributed by atoms with van der Waals surface area (Å²) in [6, 6.07) is 0. The van der Waals surface area contributed by atoms with Gasteiger partial charge in [-0.25, -0.2) is 4.98 Å². The zero-order valence-electron chi connectivity index (χ0n) is 9.63. The van der Waals surface area contributed by atoms with Crippen LogP contribution in [0.15, 0.2) is 16.7 Å². The fourth-order valence-corrected chi connectivity index (χ4v) is 2.06. The highest BCUT2D eigenvalue weighted by Gasteiger charge is 2.11. The number of nitrogens with zero attached hydrogens (tertiary/aromatic N) is 3. The van der Waals surface area contributed by atoms with Crippen LogP contribution >= 0.6 is 11.3 Å². The van der Waals surface area contributed by atoms with Crippen LogP contribution < -0.4 is 10.6 Å². The van der Waals surface area contributed by atoms with Crippen molar-refractivity contribution in [2.45, 2.75) is 20.3 Å². The lowest BCUT2D eigenvalue weighted by Gasteiger charge is -2.23. The standard InChI is InChI=1S/C10H18N4OS/c1-8(2)7-14(5-3-9(11)13-15)10-12-4-6-16-10/h4,6,8,15H,3,5,7H2,1-2H3,(H2,11,13). The number of aromatic nitrogens is 1. The summed E-state index contributed by atoms with van der Waals surface area (Å²) >= 11 is 1.60. The molecule has 90 valence electrons. The second kappa shape index (κ2) is 6.32. The number of thiazole rings is 1. The average molecular weight is 242 g/mol. The minimum absolute atomic E-state index is 0.255. The van der Waals surface area contributed by atoms with Crippen molar-refractivity contribution >= 4 is 22.3 Å². The summed E-state index contributed by atoms with van der Waals surface area (Å²) in [5.74, 6) is 0.807. The quantitative estimate of drug-likeness (QED) is 0.345. The Morgan fingerprint density at radius 2 is 2.44 bits per heavy atom. The molecule has 5 nitrogen and oxygen atoms in total. The molecule has 0 aliphatic carbocycles. The molecule has 16 heavy (non-hydrogen) atoms. The number of oxime groups is 1. The predicted molar refractivity (Wildman–Crippen MR) is 67.2 cm³/mol. The molecule has 0 atom stereocenters. The van der Waals surface area contributed by atoms with E-state index in [1.165, 1.54) is 0 Å². The van der Waals surface area contributed by atoms with Gasteiger partial charge in [-0.3, -0.25) is 0 Å². The first-order chi connectivity index (χ1) is 7.63. The summed E-state index contributed by atoms with van der Waals surface area (Å²) in [7, 11) is 0. The van der Waals surface area contributed by atoms with Crippen LogP contribution in [0.3, 0.4) is 0 Å². The van der Waals surface area contributed by atoms with Crippen LogP contribution in [0.1, 0.15) is 20.3 Å². The molecule has 0 bridgehead atoms. The van der Waals surface area contributed by atoms with Crippen molar-refractivity contribution in [2.24, 2.45) is 16.8 Å². The van der Waals surface area contributed by atoms with Crippen molar-refractivity contribution in [1.29, 1.82) is 0 Å². The maximum absolute atomic E-state index is 8.49. The van der Waals surface area contributed by atoms with E-state index in [0.29, 0.717) is 12.3 Å². The minimum Gasteiger partial charge on any atom is -0.409 e. The van der Waals surface area contributed by atoms with Crippen LogP contribution in [0.4, 0.5) is 5.13 Å². The van der Waals surface area contributed by atoms with Gasteiger partial charge in [0.1, 0.15) is 5.84 Å². The number of rotatable bonds is 6. The zero-order chi connectivity index (χ0) is 12.0. The van der Waals surface area contributed by atoms with Crippen LogP contribution in [0.5, 0.6) is 0 Å². The van der Waals surface area contributed by atoms with E-state index >= 15 is 0 Å². The minimum atomic E-state index is 0.255. The van der Waals surface area contributed by atoms with Crippen molar-refractivity contribution in [3.05, 3.63) is 11.6 Å². The highest BCUT2D eigenvalue weighted by atomic mass is 32.1. The summed E-state index contributed by atoms with van der Waals surface area (Å²) in [4.78, 5) is 6.43. The van der Waals surface area contributed by atoms with E-state index < -0.39 is 0 Å². The lowest BCUT2D eigenvalue weighted by molar-refractivity contribution is 0.317. The SMILES string of the molecule is CC(C)CN(CCC(N)=NO)c1nccs1. The Morgan fingerprint density at radius 1 is 1.69 bits per heavy atom. The summed E-state index contributed by atoms with van der Waals surface area (Å²) in [6.07, 6.45) is 2.33. The lowest BCUT2D eigenvalue weighted by Crippen LogP contribution is -2.31. The first kappa shape index (κ1) is 12.8. The molecule has 1 heterocycles. The molecule has 0 saturated heterocycles. The van der Waals surface area contributed by atoms with Crippen LogP contribution in [-0.4, -0.2) is 29.1 Å². The summed E-state index contributed by atoms with van der Waals surface area (Å²) in [6.45, 7) is 5.96. The van der Waals surface area contributed by atoms with Gasteiger partial charge in [0.25, 0.3) is 0 Å². The smallest absolute Gasteiger partial charge is 0.185 e. The Labute approximate surface area is 99.6 Å². The highest BCUT2D eigenvalue weighted by molar-refractivity contribution is 7.13. The Bertz CT molecular complexity index is 324. The second-order valence-corrected chi connectivity index (χ2v) is 4.87. The topological polar surface area (TPSA) is 74.7 Å². The van der Waals surface area contributed by atoms with Gasteiger partial charge in [0.15, 0.2) is 5.13 Å². The molecule has 0 spiro atoms. The number of hydrogen-bond acceptors (Lipinski definition) is 5. The number of anilines is 1. The van der Waals surface area contributed by atoms with Gasteiger partial charge >= 0.3 is 0 Å². The third-order valence-corrected chi connectivity index (χ3v) is 2.87. The molecule has 0 amide bonds. The summed E-state index contributed by atoms with van der Waals surface area (Å²) < 4.78 is 0. The number of nitrogens with two attached hydrogens (primary N) is 1. The molecule has 0 unspecified atom stereocenters. The van der Waals surface area contributed by atoms with E-state index in [1.807, 2.05) is 5.38 Å². The van der Waals surface area contributed by atoms with Crippen LogP contribution in [0.2, 0.25) is 0 Å². The molecule has 0 radical (unpaired) electrons. The van der Waals surface area contributed by atoms with Crippen molar-refractivity contribution < 1.29 is 5.21 Å². The molecule has 0 saturated carbocycles. The molecular weight excluding hydrogens is 224 g/mol. The van der Waals surface area contributed by atoms with Gasteiger partial charge in [-0.15, -0.1) is 11.3 Å². The second-order valence-electron chi connectivity index (χ2n) is 4.00. The fraction of sp³-hybridized carbons (Fsp3) is 0.600. The van der Waals surface area contributed by atoms with Crippen molar-refractivity contribution in [1.82, 2.24) is 4.98 Å². The monoisotopic (exact) mass is 242 g/mol. The number of amidine groups is 1. The molecule has 0 fully saturated rings. The van der Waals surface area contributed by atoms with Crippen LogP contribution in [0.25, 0.3) is 0 Å². The van der Waals surface area contributed by atoms with Gasteiger partial charge in [0.2, 0.25) is 0 Å². The van der Waals surface area contributed by atoms with Crippen molar-refractivity contribution in [3.63, 3.8) is 0 Å². The summed E-state index contributed by atoms with van der Waals surface area (Å²) in [5, 5.41) is 14.4. The molecule has 1 aromatic heterocycles. The van der Waals surface area contributed by atoms with Crippen LogP contribution in [-0.2, 0) is 0 Å². The molecule has 1 aromatic rings. The maximum Gasteiger partial charge on any atom is 0.185 e. The first-order valence-corrected chi connectivity index (χ1v) is 6.12. The van der Waals surface area contributed by atoms with Gasteiger partial charge in [-0.05, 0) is 5.92 Å². The largest absolute Gasteiger partial charge is 0.409 e. The average Bonchev–Trinajstić information content (AvgIpc) is 2.76. The van der Waals surface area contributed by atoms with Gasteiger partial charge in [-0.1, -0.05) is 19.0 Å². The Balaban J connectivity index is 2.58. The van der Waals surface area contributed by atoms with Gasteiger partial charge in [0, 0.05) is 31.1 Å². The van der Waals surface area contributed by atoms with E-state index in [2.05, 4.69) is 28.9 Å². The van der Waals surface area contributed by atoms with Crippen molar-refractivity contribution in [2.75, 3.05) is 18.0 Å². The first-order valence-electron chi connectivity index (χ1n) is 5.24. The Kier molecular flexibility index (Phi) is 5.04. The van der Waals surface area contributed by atoms with E-state index in [4.69, 9.17) is 10.9 Å². The molecule has 0 aliphatic heterocycles. The van der Waals surface area contributed by atoms with E-state index in [9.17, 15) is 0 Å². The Morgan fingerprint density at radius 3 is 2.94 bits per heavy atom. The molecule has 6 heteroatoms. The predicted octanol–water partition coefficient (Wildman–Crippen LogP) is 1.74. The zero-order valence-corrected chi connectivity index (χ0v) is 10.4. The fourth-order valence-electron chi connectivity index (χ4n) is 1.38. The van der Waals surface area contributed by atoms with Gasteiger partial charge in [0.05, 0.1) is 0 Å². The Hall–Kier alpha value is -1.30. The maximum atomic E-state index is 8.49. The summed E-state index contributed by atoms with van der Waals surface area (Å²) in [5.41, 5.74) is 5.46. The molecule has 1 rings (SSSR count). The highest BCUT2D eigenvalue weighted by Crippen LogP contribution is 2.18. The van der Waals surface area contributed by atoms with Gasteiger partial charge in [-0.2, -0.15) is 0 Å². The molecule has 0 aliphatic rings. The normalized spacial score (nSPS) is 12.1. The third-order valence-electron chi connectivity index (χ3n) is 2.04. The lowest BCUT2D eigenvalue weighted by atomic mass is 10.2.